The van der Waals surface area contributed by atoms with Crippen molar-refractivity contribution in [3.63, 3.8) is 0 Å². The molecule has 5 heteroatoms. The molecule has 0 aliphatic heterocycles. The van der Waals surface area contributed by atoms with Gasteiger partial charge in [-0.2, -0.15) is 0 Å². The fourth-order valence-electron chi connectivity index (χ4n) is 1.23. The van der Waals surface area contributed by atoms with Crippen molar-refractivity contribution >= 4 is 38.4 Å². The van der Waals surface area contributed by atoms with Crippen molar-refractivity contribution in [1.82, 2.24) is 9.97 Å². The van der Waals surface area contributed by atoms with Crippen LogP contribution in [0.1, 0.15) is 5.69 Å². The Bertz CT molecular complexity index is 516. The van der Waals surface area contributed by atoms with Crippen LogP contribution in [0.25, 0.3) is 10.9 Å². The van der Waals surface area contributed by atoms with Crippen molar-refractivity contribution in [3.8, 4) is 0 Å². The summed E-state index contributed by atoms with van der Waals surface area (Å²) < 4.78 is 13.9. The summed E-state index contributed by atoms with van der Waals surface area (Å²) in [5.74, 6) is -0.446. The molecular weight excluding hydrogens is 270 g/mol. The molecule has 0 radical (unpaired) electrons. The number of fused-ring (bicyclic) bond motifs is 1. The monoisotopic (exact) mass is 274 g/mol. The second-order valence-electron chi connectivity index (χ2n) is 2.84. The summed E-state index contributed by atoms with van der Waals surface area (Å²) in [4.78, 5) is 7.84. The summed E-state index contributed by atoms with van der Waals surface area (Å²) in [5.41, 5.74) is 0.997. The molecule has 1 aromatic carbocycles. The van der Waals surface area contributed by atoms with Crippen molar-refractivity contribution in [1.29, 1.82) is 0 Å². The zero-order chi connectivity index (χ0) is 10.3. The third-order valence-electron chi connectivity index (χ3n) is 1.96. The normalized spacial score (nSPS) is 10.9. The van der Waals surface area contributed by atoms with E-state index in [-0.39, 0.29) is 9.99 Å². The SMILES string of the molecule is Cc1ncnc2c(F)c(Br)c(Cl)cc12. The second kappa shape index (κ2) is 3.44. The lowest BCUT2D eigenvalue weighted by atomic mass is 10.2. The number of hydrogen-bond donors (Lipinski definition) is 0. The summed E-state index contributed by atoms with van der Waals surface area (Å²) in [5, 5.41) is 0.964. The first kappa shape index (κ1) is 9.80. The Balaban J connectivity index is 2.98. The molecule has 0 N–H and O–H groups in total. The van der Waals surface area contributed by atoms with Crippen LogP contribution >= 0.6 is 27.5 Å². The Morgan fingerprint density at radius 3 is 2.86 bits per heavy atom. The minimum atomic E-state index is -0.446. The van der Waals surface area contributed by atoms with Crippen LogP contribution in [0.15, 0.2) is 16.9 Å². The Labute approximate surface area is 93.3 Å². The van der Waals surface area contributed by atoms with Gasteiger partial charge in [-0.25, -0.2) is 14.4 Å². The van der Waals surface area contributed by atoms with Gasteiger partial charge < -0.3 is 0 Å². The average Bonchev–Trinajstić information content (AvgIpc) is 2.17. The highest BCUT2D eigenvalue weighted by Gasteiger charge is 2.12. The summed E-state index contributed by atoms with van der Waals surface area (Å²) in [6.45, 7) is 1.79. The highest BCUT2D eigenvalue weighted by molar-refractivity contribution is 9.10. The molecule has 1 aromatic heterocycles. The summed E-state index contributed by atoms with van der Waals surface area (Å²) in [7, 11) is 0. The Morgan fingerprint density at radius 2 is 2.14 bits per heavy atom. The minimum Gasteiger partial charge on any atom is -0.241 e. The number of nitrogens with zero attached hydrogens (tertiary/aromatic N) is 2. The minimum absolute atomic E-state index is 0.241. The first-order chi connectivity index (χ1) is 6.61. The third kappa shape index (κ3) is 1.38. The van der Waals surface area contributed by atoms with Crippen molar-refractivity contribution in [3.05, 3.63) is 33.4 Å². The van der Waals surface area contributed by atoms with Crippen LogP contribution in [0.4, 0.5) is 4.39 Å². The van der Waals surface area contributed by atoms with E-state index >= 15 is 0 Å². The van der Waals surface area contributed by atoms with E-state index in [0.29, 0.717) is 16.1 Å². The van der Waals surface area contributed by atoms with Crippen LogP contribution < -0.4 is 0 Å². The first-order valence-electron chi connectivity index (χ1n) is 3.86. The van der Waals surface area contributed by atoms with Gasteiger partial charge in [0, 0.05) is 11.1 Å². The largest absolute Gasteiger partial charge is 0.241 e. The molecule has 0 spiro atoms. The van der Waals surface area contributed by atoms with E-state index in [9.17, 15) is 4.39 Å². The first-order valence-corrected chi connectivity index (χ1v) is 5.03. The molecule has 2 nitrogen and oxygen atoms in total. The highest BCUT2D eigenvalue weighted by Crippen LogP contribution is 2.31. The van der Waals surface area contributed by atoms with E-state index in [1.165, 1.54) is 6.33 Å². The Kier molecular flexibility index (Phi) is 2.41. The fourth-order valence-corrected chi connectivity index (χ4v) is 1.72. The third-order valence-corrected chi connectivity index (χ3v) is 3.27. The molecule has 2 rings (SSSR count). The van der Waals surface area contributed by atoms with Crippen molar-refractivity contribution in [2.45, 2.75) is 6.92 Å². The van der Waals surface area contributed by atoms with Gasteiger partial charge in [0.2, 0.25) is 0 Å². The average molecular weight is 276 g/mol. The maximum Gasteiger partial charge on any atom is 0.165 e. The van der Waals surface area contributed by atoms with Crippen LogP contribution in [-0.4, -0.2) is 9.97 Å². The lowest BCUT2D eigenvalue weighted by Crippen LogP contribution is -1.92. The van der Waals surface area contributed by atoms with Crippen LogP contribution in [0.3, 0.4) is 0 Å². The maximum atomic E-state index is 13.6. The van der Waals surface area contributed by atoms with Crippen molar-refractivity contribution < 1.29 is 4.39 Å². The summed E-state index contributed by atoms with van der Waals surface area (Å²) in [6, 6.07) is 1.65. The van der Waals surface area contributed by atoms with E-state index in [1.54, 1.807) is 13.0 Å². The number of halogens is 3. The lowest BCUT2D eigenvalue weighted by molar-refractivity contribution is 0.630. The molecule has 0 aliphatic carbocycles. The zero-order valence-electron chi connectivity index (χ0n) is 7.18. The topological polar surface area (TPSA) is 25.8 Å². The molecule has 0 unspecified atom stereocenters. The highest BCUT2D eigenvalue weighted by atomic mass is 79.9. The van der Waals surface area contributed by atoms with E-state index in [0.717, 1.165) is 0 Å². The molecule has 0 aliphatic rings. The van der Waals surface area contributed by atoms with Crippen LogP contribution in [0.2, 0.25) is 5.02 Å². The number of benzene rings is 1. The van der Waals surface area contributed by atoms with Gasteiger partial charge in [-0.3, -0.25) is 0 Å². The smallest absolute Gasteiger partial charge is 0.165 e. The predicted octanol–water partition coefficient (Wildman–Crippen LogP) is 3.49. The molecule has 2 aromatic rings. The van der Waals surface area contributed by atoms with Gasteiger partial charge in [0.15, 0.2) is 5.82 Å². The Morgan fingerprint density at radius 1 is 1.43 bits per heavy atom. The number of aromatic nitrogens is 2. The van der Waals surface area contributed by atoms with Gasteiger partial charge in [-0.15, -0.1) is 0 Å². The van der Waals surface area contributed by atoms with Gasteiger partial charge in [0.05, 0.1) is 9.50 Å². The van der Waals surface area contributed by atoms with E-state index in [2.05, 4.69) is 25.9 Å². The molecule has 0 saturated heterocycles. The summed E-state index contributed by atoms with van der Waals surface area (Å²) >= 11 is 8.88. The lowest BCUT2D eigenvalue weighted by Gasteiger charge is -2.04. The molecule has 72 valence electrons. The van der Waals surface area contributed by atoms with Gasteiger partial charge in [-0.05, 0) is 28.9 Å². The molecule has 0 bridgehead atoms. The zero-order valence-corrected chi connectivity index (χ0v) is 9.52. The van der Waals surface area contributed by atoms with Crippen LogP contribution in [0.5, 0.6) is 0 Å². The van der Waals surface area contributed by atoms with E-state index in [4.69, 9.17) is 11.6 Å². The quantitative estimate of drug-likeness (QED) is 0.688. The van der Waals surface area contributed by atoms with Gasteiger partial charge in [-0.1, -0.05) is 11.6 Å². The number of rotatable bonds is 0. The van der Waals surface area contributed by atoms with Crippen molar-refractivity contribution in [2.75, 3.05) is 0 Å². The molecular formula is C9H5BrClFN2. The maximum absolute atomic E-state index is 13.6. The Hall–Kier alpha value is -0.740. The molecule has 0 atom stereocenters. The molecule has 0 amide bonds. The van der Waals surface area contributed by atoms with Crippen molar-refractivity contribution in [2.24, 2.45) is 0 Å². The number of hydrogen-bond acceptors (Lipinski definition) is 2. The molecule has 1 heterocycles. The van der Waals surface area contributed by atoms with E-state index < -0.39 is 5.82 Å². The van der Waals surface area contributed by atoms with Gasteiger partial charge >= 0.3 is 0 Å². The molecule has 0 fully saturated rings. The molecule has 0 saturated carbocycles. The van der Waals surface area contributed by atoms with Gasteiger partial charge in [0.25, 0.3) is 0 Å². The predicted molar refractivity (Wildman–Crippen MR) is 56.9 cm³/mol. The van der Waals surface area contributed by atoms with Crippen LogP contribution in [-0.2, 0) is 0 Å². The van der Waals surface area contributed by atoms with E-state index in [1.807, 2.05) is 0 Å². The standard InChI is InChI=1S/C9H5BrClFN2/c1-4-5-2-6(11)7(10)8(12)9(5)14-3-13-4/h2-3H,1H3. The second-order valence-corrected chi connectivity index (χ2v) is 4.04. The summed E-state index contributed by atoms with van der Waals surface area (Å²) in [6.07, 6.45) is 1.33. The molecule has 14 heavy (non-hydrogen) atoms. The van der Waals surface area contributed by atoms with Crippen LogP contribution in [0, 0.1) is 12.7 Å². The van der Waals surface area contributed by atoms with Gasteiger partial charge in [0.1, 0.15) is 11.8 Å². The fraction of sp³-hybridized carbons (Fsp3) is 0.111. The number of aryl methyl sites for hydroxylation is 1.